The monoisotopic (exact) mass is 210 g/mol. The van der Waals surface area contributed by atoms with Gasteiger partial charge in [0.25, 0.3) is 0 Å². The lowest BCUT2D eigenvalue weighted by Crippen LogP contribution is -2.38. The molecule has 88 valence electrons. The van der Waals surface area contributed by atoms with E-state index in [1.165, 1.54) is 19.3 Å². The van der Waals surface area contributed by atoms with Crippen molar-refractivity contribution in [3.05, 3.63) is 0 Å². The second-order valence-electron chi connectivity index (χ2n) is 6.62. The standard InChI is InChI=1S/C14H26O/c1-6-15-12-13(2,3)10-8-7-9-11(10)14(12,4)5/h10-12H,6-9H2,1-5H3. The van der Waals surface area contributed by atoms with Gasteiger partial charge in [-0.3, -0.25) is 0 Å². The molecular weight excluding hydrogens is 184 g/mol. The van der Waals surface area contributed by atoms with Gasteiger partial charge in [0.15, 0.2) is 0 Å². The van der Waals surface area contributed by atoms with Crippen LogP contribution in [0.2, 0.25) is 0 Å². The van der Waals surface area contributed by atoms with Crippen LogP contribution in [0.25, 0.3) is 0 Å². The van der Waals surface area contributed by atoms with E-state index in [0.717, 1.165) is 18.4 Å². The highest BCUT2D eigenvalue weighted by atomic mass is 16.5. The van der Waals surface area contributed by atoms with E-state index in [1.807, 2.05) is 0 Å². The van der Waals surface area contributed by atoms with Gasteiger partial charge in [0.1, 0.15) is 0 Å². The Balaban J connectivity index is 2.31. The van der Waals surface area contributed by atoms with Crippen molar-refractivity contribution in [1.29, 1.82) is 0 Å². The van der Waals surface area contributed by atoms with Gasteiger partial charge < -0.3 is 4.74 Å². The fraction of sp³-hybridized carbons (Fsp3) is 1.00. The van der Waals surface area contributed by atoms with Crippen LogP contribution >= 0.6 is 0 Å². The molecule has 1 heteroatoms. The third-order valence-electron chi connectivity index (χ3n) is 5.11. The molecule has 0 amide bonds. The summed E-state index contributed by atoms with van der Waals surface area (Å²) in [6.45, 7) is 12.7. The van der Waals surface area contributed by atoms with Crippen molar-refractivity contribution in [3.63, 3.8) is 0 Å². The summed E-state index contributed by atoms with van der Waals surface area (Å²) in [7, 11) is 0. The molecule has 2 unspecified atom stereocenters. The maximum atomic E-state index is 6.07. The lowest BCUT2D eigenvalue weighted by Gasteiger charge is -2.37. The second-order valence-corrected chi connectivity index (χ2v) is 6.62. The SMILES string of the molecule is CCOC1C(C)(C)C2CCCC2C1(C)C. The van der Waals surface area contributed by atoms with Gasteiger partial charge in [-0.1, -0.05) is 34.1 Å². The molecule has 0 aromatic rings. The van der Waals surface area contributed by atoms with E-state index in [9.17, 15) is 0 Å². The molecule has 2 saturated carbocycles. The summed E-state index contributed by atoms with van der Waals surface area (Å²) in [6.07, 6.45) is 4.72. The topological polar surface area (TPSA) is 9.23 Å². The maximum Gasteiger partial charge on any atom is 0.0682 e. The van der Waals surface area contributed by atoms with E-state index in [-0.39, 0.29) is 0 Å². The molecule has 2 aliphatic carbocycles. The quantitative estimate of drug-likeness (QED) is 0.672. The predicted molar refractivity (Wildman–Crippen MR) is 63.8 cm³/mol. The largest absolute Gasteiger partial charge is 0.377 e. The average molecular weight is 210 g/mol. The van der Waals surface area contributed by atoms with E-state index in [4.69, 9.17) is 4.74 Å². The zero-order valence-corrected chi connectivity index (χ0v) is 11.0. The first-order valence-corrected chi connectivity index (χ1v) is 6.54. The summed E-state index contributed by atoms with van der Waals surface area (Å²) in [5.74, 6) is 1.79. The van der Waals surface area contributed by atoms with Crippen LogP contribution in [-0.2, 0) is 4.74 Å². The minimum atomic E-state index is 0.376. The van der Waals surface area contributed by atoms with Crippen LogP contribution in [0.5, 0.6) is 0 Å². The highest BCUT2D eigenvalue weighted by Gasteiger charge is 2.60. The highest BCUT2D eigenvalue weighted by Crippen LogP contribution is 2.63. The van der Waals surface area contributed by atoms with Crippen molar-refractivity contribution in [2.75, 3.05) is 6.61 Å². The third kappa shape index (κ3) is 1.46. The number of fused-ring (bicyclic) bond motifs is 1. The Morgan fingerprint density at radius 3 is 1.87 bits per heavy atom. The lowest BCUT2D eigenvalue weighted by atomic mass is 9.76. The molecular formula is C14H26O. The van der Waals surface area contributed by atoms with Gasteiger partial charge in [-0.15, -0.1) is 0 Å². The summed E-state index contributed by atoms with van der Waals surface area (Å²) in [6, 6.07) is 0. The van der Waals surface area contributed by atoms with E-state index in [1.54, 1.807) is 0 Å². The van der Waals surface area contributed by atoms with Crippen molar-refractivity contribution >= 4 is 0 Å². The fourth-order valence-electron chi connectivity index (χ4n) is 4.68. The number of hydrogen-bond donors (Lipinski definition) is 0. The minimum absolute atomic E-state index is 0.376. The Labute approximate surface area is 94.6 Å². The third-order valence-corrected chi connectivity index (χ3v) is 5.11. The predicted octanol–water partition coefficient (Wildman–Crippen LogP) is 3.87. The Bertz CT molecular complexity index is 220. The Morgan fingerprint density at radius 1 is 1.00 bits per heavy atom. The number of hydrogen-bond acceptors (Lipinski definition) is 1. The molecule has 2 aliphatic rings. The first-order chi connectivity index (χ1) is 6.92. The molecule has 15 heavy (non-hydrogen) atoms. The molecule has 0 aliphatic heterocycles. The minimum Gasteiger partial charge on any atom is -0.377 e. The molecule has 0 saturated heterocycles. The normalized spacial score (nSPS) is 41.8. The van der Waals surface area contributed by atoms with Crippen LogP contribution in [0.4, 0.5) is 0 Å². The Kier molecular flexibility index (Phi) is 2.65. The van der Waals surface area contributed by atoms with Gasteiger partial charge in [0, 0.05) is 6.61 Å². The molecule has 1 nitrogen and oxygen atoms in total. The molecule has 0 bridgehead atoms. The molecule has 0 heterocycles. The molecule has 0 aromatic heterocycles. The van der Waals surface area contributed by atoms with E-state index in [0.29, 0.717) is 16.9 Å². The van der Waals surface area contributed by atoms with Crippen molar-refractivity contribution in [2.24, 2.45) is 22.7 Å². The van der Waals surface area contributed by atoms with E-state index < -0.39 is 0 Å². The first kappa shape index (κ1) is 11.4. The molecule has 0 radical (unpaired) electrons. The van der Waals surface area contributed by atoms with Crippen LogP contribution in [0.1, 0.15) is 53.9 Å². The number of rotatable bonds is 2. The Morgan fingerprint density at radius 2 is 1.47 bits per heavy atom. The van der Waals surface area contributed by atoms with Crippen LogP contribution in [-0.4, -0.2) is 12.7 Å². The molecule has 2 atom stereocenters. The molecule has 0 aromatic carbocycles. The van der Waals surface area contributed by atoms with Gasteiger partial charge >= 0.3 is 0 Å². The van der Waals surface area contributed by atoms with Crippen LogP contribution in [0.3, 0.4) is 0 Å². The summed E-state index contributed by atoms with van der Waals surface area (Å²) in [4.78, 5) is 0. The molecule has 0 N–H and O–H groups in total. The number of ether oxygens (including phenoxy) is 1. The first-order valence-electron chi connectivity index (χ1n) is 6.54. The molecule has 0 spiro atoms. The van der Waals surface area contributed by atoms with E-state index >= 15 is 0 Å². The summed E-state index contributed by atoms with van der Waals surface area (Å²) < 4.78 is 6.07. The van der Waals surface area contributed by atoms with Crippen molar-refractivity contribution in [3.8, 4) is 0 Å². The summed E-state index contributed by atoms with van der Waals surface area (Å²) in [5.41, 5.74) is 0.751. The van der Waals surface area contributed by atoms with Gasteiger partial charge in [-0.2, -0.15) is 0 Å². The maximum absolute atomic E-state index is 6.07. The fourth-order valence-corrected chi connectivity index (χ4v) is 4.68. The van der Waals surface area contributed by atoms with Crippen LogP contribution < -0.4 is 0 Å². The molecule has 2 fully saturated rings. The highest BCUT2D eigenvalue weighted by molar-refractivity contribution is 5.09. The molecule has 2 rings (SSSR count). The summed E-state index contributed by atoms with van der Waals surface area (Å²) in [5, 5.41) is 0. The van der Waals surface area contributed by atoms with Crippen LogP contribution in [0, 0.1) is 22.7 Å². The zero-order chi connectivity index (χ0) is 11.3. The Hall–Kier alpha value is -0.0400. The lowest BCUT2D eigenvalue weighted by molar-refractivity contribution is -0.0658. The van der Waals surface area contributed by atoms with Gasteiger partial charge in [-0.25, -0.2) is 0 Å². The zero-order valence-electron chi connectivity index (χ0n) is 11.0. The smallest absolute Gasteiger partial charge is 0.0682 e. The average Bonchev–Trinajstić information content (AvgIpc) is 2.66. The van der Waals surface area contributed by atoms with Crippen molar-refractivity contribution in [2.45, 2.75) is 60.0 Å². The van der Waals surface area contributed by atoms with Crippen molar-refractivity contribution in [1.82, 2.24) is 0 Å². The van der Waals surface area contributed by atoms with Gasteiger partial charge in [0.2, 0.25) is 0 Å². The van der Waals surface area contributed by atoms with Gasteiger partial charge in [0.05, 0.1) is 6.10 Å². The van der Waals surface area contributed by atoms with Crippen LogP contribution in [0.15, 0.2) is 0 Å². The van der Waals surface area contributed by atoms with Gasteiger partial charge in [-0.05, 0) is 42.4 Å². The van der Waals surface area contributed by atoms with E-state index in [2.05, 4.69) is 34.6 Å². The van der Waals surface area contributed by atoms with Crippen molar-refractivity contribution < 1.29 is 4.74 Å². The second kappa shape index (κ2) is 3.48. The summed E-state index contributed by atoms with van der Waals surface area (Å²) >= 11 is 0.